The predicted octanol–water partition coefficient (Wildman–Crippen LogP) is 4.24. The van der Waals surface area contributed by atoms with Gasteiger partial charge in [-0.05, 0) is 42.8 Å². The van der Waals surface area contributed by atoms with Crippen molar-refractivity contribution in [1.29, 1.82) is 0 Å². The zero-order chi connectivity index (χ0) is 21.8. The van der Waals surface area contributed by atoms with Gasteiger partial charge in [-0.3, -0.25) is 9.52 Å². The molecule has 0 saturated carbocycles. The third-order valence-electron chi connectivity index (χ3n) is 4.04. The Balaban J connectivity index is 1.34. The molecular weight excluding hydrogens is 475 g/mol. The van der Waals surface area contributed by atoms with Crippen molar-refractivity contribution in [3.05, 3.63) is 53.5 Å². The number of fused-ring (bicyclic) bond motifs is 1. The fourth-order valence-corrected chi connectivity index (χ4v) is 6.34. The van der Waals surface area contributed by atoms with Crippen molar-refractivity contribution in [3.8, 4) is 0 Å². The van der Waals surface area contributed by atoms with Crippen LogP contribution in [0, 0.1) is 0 Å². The Labute approximate surface area is 191 Å². The number of thioether (sulfide) groups is 1. The van der Waals surface area contributed by atoms with E-state index in [4.69, 9.17) is 0 Å². The lowest BCUT2D eigenvalue weighted by molar-refractivity contribution is -0.113. The molecule has 2 aromatic heterocycles. The molecule has 2 heterocycles. The largest absolute Gasteiger partial charge is 0.325 e. The summed E-state index contributed by atoms with van der Waals surface area (Å²) in [6, 6.07) is 13.8. The van der Waals surface area contributed by atoms with E-state index < -0.39 is 10.0 Å². The molecule has 0 radical (unpaired) electrons. The van der Waals surface area contributed by atoms with Gasteiger partial charge in [0.15, 0.2) is 4.34 Å². The number of carbonyl (C=O) groups excluding carboxylic acids is 1. The fourth-order valence-electron chi connectivity index (χ4n) is 2.57. The van der Waals surface area contributed by atoms with Gasteiger partial charge in [0.2, 0.25) is 11.0 Å². The van der Waals surface area contributed by atoms with Gasteiger partial charge in [-0.2, -0.15) is 0 Å². The normalized spacial score (nSPS) is 11.5. The van der Waals surface area contributed by atoms with Crippen molar-refractivity contribution in [2.24, 2.45) is 0 Å². The number of amides is 1. The highest BCUT2D eigenvalue weighted by Gasteiger charge is 2.17. The van der Waals surface area contributed by atoms with Crippen molar-refractivity contribution < 1.29 is 13.2 Å². The van der Waals surface area contributed by atoms with Crippen LogP contribution in [0.15, 0.2) is 57.8 Å². The van der Waals surface area contributed by atoms with E-state index in [1.54, 1.807) is 23.5 Å². The zero-order valence-corrected chi connectivity index (χ0v) is 19.5. The highest BCUT2D eigenvalue weighted by atomic mass is 32.2. The Bertz CT molecular complexity index is 1280. The molecule has 0 bridgehead atoms. The van der Waals surface area contributed by atoms with E-state index in [1.807, 2.05) is 31.2 Å². The monoisotopic (exact) mass is 491 g/mol. The van der Waals surface area contributed by atoms with Crippen LogP contribution in [0.3, 0.4) is 0 Å². The van der Waals surface area contributed by atoms with Gasteiger partial charge in [0.05, 0.1) is 20.9 Å². The number of sulfonamides is 1. The highest BCUT2D eigenvalue weighted by Crippen LogP contribution is 2.29. The number of hydrogen-bond acceptors (Lipinski definition) is 9. The van der Waals surface area contributed by atoms with Gasteiger partial charge in [0.1, 0.15) is 5.01 Å². The third-order valence-corrected chi connectivity index (χ3v) is 8.69. The smallest absolute Gasteiger partial charge is 0.263 e. The molecule has 0 aliphatic heterocycles. The van der Waals surface area contributed by atoms with Gasteiger partial charge in [-0.1, -0.05) is 42.2 Å². The van der Waals surface area contributed by atoms with E-state index in [9.17, 15) is 13.2 Å². The molecule has 0 fully saturated rings. The van der Waals surface area contributed by atoms with Crippen LogP contribution in [0.2, 0.25) is 0 Å². The number of carbonyl (C=O) groups is 1. The van der Waals surface area contributed by atoms with Crippen LogP contribution in [0.25, 0.3) is 10.2 Å². The molecule has 0 aliphatic carbocycles. The van der Waals surface area contributed by atoms with E-state index >= 15 is 0 Å². The van der Waals surface area contributed by atoms with Gasteiger partial charge in [0.25, 0.3) is 10.0 Å². The summed E-state index contributed by atoms with van der Waals surface area (Å²) >= 11 is 4.10. The second kappa shape index (κ2) is 9.30. The van der Waals surface area contributed by atoms with Crippen LogP contribution < -0.4 is 10.0 Å². The summed E-state index contributed by atoms with van der Waals surface area (Å²) in [5.41, 5.74) is 1.43. The molecule has 0 saturated heterocycles. The zero-order valence-electron chi connectivity index (χ0n) is 16.2. The van der Waals surface area contributed by atoms with Crippen molar-refractivity contribution in [3.63, 3.8) is 0 Å². The van der Waals surface area contributed by atoms with Crippen LogP contribution in [0.5, 0.6) is 0 Å². The average molecular weight is 492 g/mol. The molecule has 0 unspecified atom stereocenters. The molecular formula is C19H17N5O3S4. The quantitative estimate of drug-likeness (QED) is 0.354. The van der Waals surface area contributed by atoms with Crippen molar-refractivity contribution >= 4 is 71.4 Å². The van der Waals surface area contributed by atoms with Crippen molar-refractivity contribution in [1.82, 2.24) is 15.2 Å². The molecule has 12 heteroatoms. The minimum atomic E-state index is -3.78. The van der Waals surface area contributed by atoms with Gasteiger partial charge in [0, 0.05) is 5.69 Å². The van der Waals surface area contributed by atoms with Crippen LogP contribution in [0.4, 0.5) is 10.8 Å². The molecule has 160 valence electrons. The van der Waals surface area contributed by atoms with E-state index in [0.29, 0.717) is 12.1 Å². The standard InChI is InChI=1S/C19H17N5O3S4/c1-2-17-22-23-18(30-17)24-31(26,27)13-9-7-12(8-10-13)20-16(25)11-28-19-21-14-5-3-4-6-15(14)29-19/h3-10H,2,11H2,1H3,(H,20,25)(H,23,24). The first-order valence-electron chi connectivity index (χ1n) is 9.16. The number of nitrogens with zero attached hydrogens (tertiary/aromatic N) is 3. The van der Waals surface area contributed by atoms with E-state index in [-0.39, 0.29) is 21.7 Å². The molecule has 0 spiro atoms. The number of hydrogen-bond donors (Lipinski definition) is 2. The number of benzene rings is 2. The number of aryl methyl sites for hydroxylation is 1. The molecule has 2 N–H and O–H groups in total. The van der Waals surface area contributed by atoms with Crippen molar-refractivity contribution in [2.75, 3.05) is 15.8 Å². The number of anilines is 2. The molecule has 0 atom stereocenters. The van der Waals surface area contributed by atoms with Gasteiger partial charge < -0.3 is 5.32 Å². The molecule has 1 amide bonds. The number of rotatable bonds is 8. The highest BCUT2D eigenvalue weighted by molar-refractivity contribution is 8.01. The Morgan fingerprint density at radius 2 is 1.84 bits per heavy atom. The maximum Gasteiger partial charge on any atom is 0.263 e. The lowest BCUT2D eigenvalue weighted by atomic mass is 10.3. The molecule has 31 heavy (non-hydrogen) atoms. The molecule has 4 aromatic rings. The van der Waals surface area contributed by atoms with E-state index in [0.717, 1.165) is 19.6 Å². The van der Waals surface area contributed by atoms with Gasteiger partial charge in [-0.15, -0.1) is 21.5 Å². The third kappa shape index (κ3) is 5.39. The SMILES string of the molecule is CCc1nnc(NS(=O)(=O)c2ccc(NC(=O)CSc3nc4ccccc4s3)cc2)s1. The van der Waals surface area contributed by atoms with Crippen LogP contribution in [-0.2, 0) is 21.2 Å². The Morgan fingerprint density at radius 3 is 2.55 bits per heavy atom. The second-order valence-electron chi connectivity index (χ2n) is 6.27. The summed E-state index contributed by atoms with van der Waals surface area (Å²) in [6.07, 6.45) is 0.686. The van der Waals surface area contributed by atoms with Gasteiger partial charge >= 0.3 is 0 Å². The first kappa shape index (κ1) is 21.7. The van der Waals surface area contributed by atoms with E-state index in [1.165, 1.54) is 35.2 Å². The minimum Gasteiger partial charge on any atom is -0.325 e. The second-order valence-corrected chi connectivity index (χ2v) is 11.3. The molecule has 0 aliphatic rings. The number of aromatic nitrogens is 3. The van der Waals surface area contributed by atoms with Crippen LogP contribution in [0.1, 0.15) is 11.9 Å². The first-order valence-corrected chi connectivity index (χ1v) is 13.3. The summed E-state index contributed by atoms with van der Waals surface area (Å²) < 4.78 is 29.3. The van der Waals surface area contributed by atoms with E-state index in [2.05, 4.69) is 25.2 Å². The molecule has 8 nitrogen and oxygen atoms in total. The molecule has 4 rings (SSSR count). The number of nitrogens with one attached hydrogen (secondary N) is 2. The lowest BCUT2D eigenvalue weighted by Crippen LogP contribution is -2.15. The first-order chi connectivity index (χ1) is 14.9. The maximum absolute atomic E-state index is 12.5. The van der Waals surface area contributed by atoms with Crippen molar-refractivity contribution in [2.45, 2.75) is 22.6 Å². The molecule has 2 aromatic carbocycles. The lowest BCUT2D eigenvalue weighted by Gasteiger charge is -2.07. The fraction of sp³-hybridized carbons (Fsp3) is 0.158. The number of thiazole rings is 1. The summed E-state index contributed by atoms with van der Waals surface area (Å²) in [5.74, 6) is 0.0112. The Morgan fingerprint density at radius 1 is 1.06 bits per heavy atom. The van der Waals surface area contributed by atoms with Crippen LogP contribution >= 0.6 is 34.4 Å². The van der Waals surface area contributed by atoms with Gasteiger partial charge in [-0.25, -0.2) is 13.4 Å². The Hall–Kier alpha value is -2.54. The summed E-state index contributed by atoms with van der Waals surface area (Å²) in [5, 5.41) is 11.5. The summed E-state index contributed by atoms with van der Waals surface area (Å²) in [6.45, 7) is 1.92. The van der Waals surface area contributed by atoms with Crippen LogP contribution in [-0.4, -0.2) is 35.3 Å². The topological polar surface area (TPSA) is 114 Å². The summed E-state index contributed by atoms with van der Waals surface area (Å²) in [7, 11) is -3.78. The maximum atomic E-state index is 12.5. The minimum absolute atomic E-state index is 0.0719. The average Bonchev–Trinajstić information content (AvgIpc) is 3.38. The predicted molar refractivity (Wildman–Crippen MR) is 126 cm³/mol. The summed E-state index contributed by atoms with van der Waals surface area (Å²) in [4.78, 5) is 16.8. The number of para-hydroxylation sites is 1. The Kier molecular flexibility index (Phi) is 6.51.